The molecule has 276 valence electrons. The summed E-state index contributed by atoms with van der Waals surface area (Å²) in [5, 5.41) is 14.3. The van der Waals surface area contributed by atoms with Crippen molar-refractivity contribution in [3.05, 3.63) is 222 Å². The lowest BCUT2D eigenvalue weighted by Gasteiger charge is -2.38. The van der Waals surface area contributed by atoms with Crippen molar-refractivity contribution in [3.8, 4) is 11.1 Å². The van der Waals surface area contributed by atoms with Gasteiger partial charge in [0.05, 0.1) is 6.04 Å². The molecule has 3 unspecified atom stereocenters. The van der Waals surface area contributed by atoms with E-state index < -0.39 is 0 Å². The van der Waals surface area contributed by atoms with Crippen molar-refractivity contribution in [2.24, 2.45) is 22.2 Å². The first-order valence-corrected chi connectivity index (χ1v) is 20.2. The van der Waals surface area contributed by atoms with Crippen molar-refractivity contribution in [3.63, 3.8) is 0 Å². The molecule has 4 aliphatic rings. The molecule has 0 spiro atoms. The lowest BCUT2D eigenvalue weighted by molar-refractivity contribution is 0.458. The van der Waals surface area contributed by atoms with Crippen LogP contribution in [0.2, 0.25) is 0 Å². The van der Waals surface area contributed by atoms with Crippen LogP contribution < -0.4 is 0 Å². The molecule has 1 saturated heterocycles. The first kappa shape index (κ1) is 34.9. The first-order valence-electron chi connectivity index (χ1n) is 20.2. The number of amidine groups is 2. The Hall–Kier alpha value is -6.58. The average Bonchev–Trinajstić information content (AvgIpc) is 4.05. The van der Waals surface area contributed by atoms with Crippen molar-refractivity contribution >= 4 is 38.8 Å². The van der Waals surface area contributed by atoms with E-state index in [-0.39, 0.29) is 11.3 Å². The van der Waals surface area contributed by atoms with Gasteiger partial charge in [0, 0.05) is 29.0 Å². The third-order valence-electron chi connectivity index (χ3n) is 12.5. The van der Waals surface area contributed by atoms with E-state index in [1.54, 1.807) is 0 Å². The second-order valence-electron chi connectivity index (χ2n) is 16.2. The topological polar surface area (TPSA) is 39.2 Å². The van der Waals surface area contributed by atoms with Gasteiger partial charge >= 0.3 is 0 Å². The van der Waals surface area contributed by atoms with E-state index in [4.69, 9.17) is 4.99 Å². The zero-order chi connectivity index (χ0) is 38.5. The highest BCUT2D eigenvalue weighted by Crippen LogP contribution is 2.51. The van der Waals surface area contributed by atoms with Gasteiger partial charge in [-0.3, -0.25) is 5.41 Å². The van der Waals surface area contributed by atoms with E-state index in [9.17, 15) is 5.41 Å². The molecule has 4 atom stereocenters. The number of hydrogen-bond donors (Lipinski definition) is 1. The van der Waals surface area contributed by atoms with Crippen LogP contribution in [0.5, 0.6) is 0 Å². The van der Waals surface area contributed by atoms with Gasteiger partial charge in [-0.1, -0.05) is 190 Å². The molecule has 3 heteroatoms. The van der Waals surface area contributed by atoms with Gasteiger partial charge in [-0.15, -0.1) is 0 Å². The van der Waals surface area contributed by atoms with Crippen molar-refractivity contribution in [1.29, 1.82) is 5.41 Å². The normalized spacial score (nSPS) is 22.7. The van der Waals surface area contributed by atoms with Crippen LogP contribution in [0.1, 0.15) is 37.0 Å². The quantitative estimate of drug-likeness (QED) is 0.0787. The lowest BCUT2D eigenvalue weighted by atomic mass is 9.66. The number of allylic oxidation sites excluding steroid dienone is 11. The summed E-state index contributed by atoms with van der Waals surface area (Å²) in [6.07, 6.45) is 20.1. The smallest absolute Gasteiger partial charge is 0.154 e. The molecule has 3 aliphatic carbocycles. The predicted molar refractivity (Wildman–Crippen MR) is 240 cm³/mol. The summed E-state index contributed by atoms with van der Waals surface area (Å²) in [4.78, 5) is 7.47. The number of nitrogens with one attached hydrogen (secondary N) is 1. The monoisotopic (exact) mass is 735 g/mol. The van der Waals surface area contributed by atoms with E-state index >= 15 is 0 Å². The molecule has 0 amide bonds. The van der Waals surface area contributed by atoms with Gasteiger partial charge in [0.1, 0.15) is 5.84 Å². The molecule has 3 nitrogen and oxygen atoms in total. The van der Waals surface area contributed by atoms with Crippen LogP contribution in [-0.2, 0) is 0 Å². The second-order valence-corrected chi connectivity index (χ2v) is 16.2. The average molecular weight is 736 g/mol. The maximum absolute atomic E-state index is 9.20. The molecule has 0 radical (unpaired) electrons. The fraction of sp³-hybridized carbons (Fsp3) is 0.148. The second kappa shape index (κ2) is 14.2. The summed E-state index contributed by atoms with van der Waals surface area (Å²) >= 11 is 0. The molecule has 1 aliphatic heterocycles. The van der Waals surface area contributed by atoms with E-state index in [0.29, 0.717) is 17.9 Å². The Labute approximate surface area is 335 Å². The largest absolute Gasteiger partial charge is 0.349 e. The fourth-order valence-electron chi connectivity index (χ4n) is 9.35. The van der Waals surface area contributed by atoms with Crippen LogP contribution in [0.4, 0.5) is 0 Å². The van der Waals surface area contributed by atoms with Gasteiger partial charge < -0.3 is 4.90 Å². The summed E-state index contributed by atoms with van der Waals surface area (Å²) in [5.74, 6) is 1.76. The van der Waals surface area contributed by atoms with Crippen molar-refractivity contribution < 1.29 is 0 Å². The van der Waals surface area contributed by atoms with Gasteiger partial charge in [0.25, 0.3) is 0 Å². The molecule has 6 aromatic rings. The number of nitrogens with zero attached hydrogens (tertiary/aromatic N) is 2. The molecule has 1 N–H and O–H groups in total. The molecule has 6 aromatic carbocycles. The van der Waals surface area contributed by atoms with Gasteiger partial charge in [-0.05, 0) is 85.0 Å². The molecule has 0 aromatic heterocycles. The van der Waals surface area contributed by atoms with Gasteiger partial charge in [-0.2, -0.15) is 0 Å². The van der Waals surface area contributed by atoms with Crippen LogP contribution in [0.25, 0.3) is 38.2 Å². The van der Waals surface area contributed by atoms with Crippen molar-refractivity contribution in [2.75, 3.05) is 6.54 Å². The molecule has 1 fully saturated rings. The third-order valence-corrected chi connectivity index (χ3v) is 12.5. The number of aliphatic imine (C=N–C) groups is 1. The number of rotatable bonds is 6. The maximum atomic E-state index is 9.20. The Kier molecular flexibility index (Phi) is 8.67. The molecule has 10 rings (SSSR count). The Morgan fingerprint density at radius 3 is 2.25 bits per heavy atom. The van der Waals surface area contributed by atoms with E-state index in [2.05, 4.69) is 183 Å². The Bertz CT molecular complexity index is 2790. The number of hydrogen-bond acceptors (Lipinski definition) is 1. The summed E-state index contributed by atoms with van der Waals surface area (Å²) in [6.45, 7) is 5.66. The molecule has 57 heavy (non-hydrogen) atoms. The minimum absolute atomic E-state index is 0.0611. The van der Waals surface area contributed by atoms with E-state index in [0.717, 1.165) is 41.1 Å². The Balaban J connectivity index is 1.00. The van der Waals surface area contributed by atoms with Crippen LogP contribution in [0, 0.1) is 22.7 Å². The zero-order valence-corrected chi connectivity index (χ0v) is 32.4. The molecule has 1 heterocycles. The Morgan fingerprint density at radius 1 is 0.737 bits per heavy atom. The van der Waals surface area contributed by atoms with Crippen molar-refractivity contribution in [2.45, 2.75) is 26.3 Å². The summed E-state index contributed by atoms with van der Waals surface area (Å²) in [6, 6.07) is 49.3. The van der Waals surface area contributed by atoms with E-state index in [1.807, 2.05) is 24.3 Å². The molecule has 0 saturated carbocycles. The third kappa shape index (κ3) is 6.34. The number of benzene rings is 6. The fourth-order valence-corrected chi connectivity index (χ4v) is 9.35. The predicted octanol–water partition coefficient (Wildman–Crippen LogP) is 12.8. The van der Waals surface area contributed by atoms with Crippen LogP contribution in [0.3, 0.4) is 0 Å². The lowest BCUT2D eigenvalue weighted by Crippen LogP contribution is -2.26. The van der Waals surface area contributed by atoms with Crippen LogP contribution in [-0.4, -0.2) is 29.2 Å². The highest BCUT2D eigenvalue weighted by molar-refractivity contribution is 6.14. The minimum Gasteiger partial charge on any atom is -0.349 e. The number of fused-ring (bicyclic) bond motifs is 4. The van der Waals surface area contributed by atoms with E-state index in [1.165, 1.54) is 49.4 Å². The Morgan fingerprint density at radius 2 is 1.44 bits per heavy atom. The molecular formula is C54H45N3. The first-order chi connectivity index (χ1) is 27.9. The summed E-state index contributed by atoms with van der Waals surface area (Å²) in [7, 11) is 0. The van der Waals surface area contributed by atoms with Crippen molar-refractivity contribution in [1.82, 2.24) is 4.90 Å². The molecular weight excluding hydrogens is 691 g/mol. The summed E-state index contributed by atoms with van der Waals surface area (Å²) < 4.78 is 0. The highest BCUT2D eigenvalue weighted by Gasteiger charge is 2.45. The summed E-state index contributed by atoms with van der Waals surface area (Å²) in [5.41, 5.74) is 10.6. The minimum atomic E-state index is -0.0611. The maximum Gasteiger partial charge on any atom is 0.154 e. The van der Waals surface area contributed by atoms with Crippen LogP contribution in [0.15, 0.2) is 210 Å². The zero-order valence-electron chi connectivity index (χ0n) is 32.4. The molecule has 0 bridgehead atoms. The standard InChI is InChI=1S/C54H45N3/c1-36-32-41(51-47(29-31-54(2)30-14-13-26-49(51)54)48-34-40-20-9-10-23-44(40)45-24-11-12-25-46(45)48)27-28-43(36)50-35-57(50)53(38-18-7-4-8-19-38)56-52(55)42-22-15-21-39(33-42)37-16-5-3-6-17-37/h3-29,31-34,36,43,50,55H,30,35H2,1-2H3/b55-52?,56-53-/t36?,43?,50?,54-,57?/m1/s1. The van der Waals surface area contributed by atoms with Gasteiger partial charge in [0.2, 0.25) is 0 Å². The highest BCUT2D eigenvalue weighted by atomic mass is 15.4. The van der Waals surface area contributed by atoms with Crippen LogP contribution >= 0.6 is 0 Å². The van der Waals surface area contributed by atoms with Gasteiger partial charge in [0.15, 0.2) is 5.84 Å². The van der Waals surface area contributed by atoms with Gasteiger partial charge in [-0.25, -0.2) is 4.99 Å². The SMILES string of the molecule is CC1C=C(C2=C(c3cc4ccccc4c4ccccc34)C=C[C@@]3(C)CC=CC=C23)C=CC1C1CN1/C(=N\C(=N)c1cccc(-c2ccccc2)c1)c1ccccc1.